The monoisotopic (exact) mass is 391 g/mol. The van der Waals surface area contributed by atoms with Gasteiger partial charge in [-0.05, 0) is 45.5 Å². The van der Waals surface area contributed by atoms with Gasteiger partial charge in [-0.3, -0.25) is 4.79 Å². The lowest BCUT2D eigenvalue weighted by Gasteiger charge is -2.31. The predicted octanol–water partition coefficient (Wildman–Crippen LogP) is 3.46. The summed E-state index contributed by atoms with van der Waals surface area (Å²) in [4.78, 5) is 14.6. The van der Waals surface area contributed by atoms with Crippen molar-refractivity contribution in [1.82, 2.24) is 4.90 Å². The van der Waals surface area contributed by atoms with Crippen LogP contribution in [0.5, 0.6) is 5.75 Å². The zero-order valence-corrected chi connectivity index (χ0v) is 16.8. The van der Waals surface area contributed by atoms with Gasteiger partial charge in [-0.2, -0.15) is 0 Å². The number of carbonyl (C=O) groups excluding carboxylic acids is 1. The fraction of sp³-hybridized carbons (Fsp3) is 0.611. The van der Waals surface area contributed by atoms with Crippen molar-refractivity contribution in [3.05, 3.63) is 24.3 Å². The van der Waals surface area contributed by atoms with Crippen LogP contribution in [0.1, 0.15) is 38.5 Å². The van der Waals surface area contributed by atoms with Crippen LogP contribution in [0, 0.1) is 0 Å². The SMILES string of the molecule is CN(C)CCCOc1cccc(NC(=O)C2(N)CCCCC2)c1.Cl.Cl. The molecule has 144 valence electrons. The number of hydrogen-bond acceptors (Lipinski definition) is 4. The highest BCUT2D eigenvalue weighted by molar-refractivity contribution is 5.98. The third-order valence-electron chi connectivity index (χ3n) is 4.31. The number of rotatable bonds is 7. The van der Waals surface area contributed by atoms with Gasteiger partial charge >= 0.3 is 0 Å². The first-order chi connectivity index (χ1) is 11.0. The van der Waals surface area contributed by atoms with Gasteiger partial charge < -0.3 is 20.7 Å². The van der Waals surface area contributed by atoms with Gasteiger partial charge in [0.2, 0.25) is 5.91 Å². The Morgan fingerprint density at radius 3 is 2.56 bits per heavy atom. The Morgan fingerprint density at radius 2 is 1.92 bits per heavy atom. The van der Waals surface area contributed by atoms with Gasteiger partial charge in [-0.25, -0.2) is 0 Å². The van der Waals surface area contributed by atoms with E-state index in [0.29, 0.717) is 6.61 Å². The number of nitrogens with zero attached hydrogens (tertiary/aromatic N) is 1. The molecule has 0 bridgehead atoms. The molecule has 0 aromatic heterocycles. The van der Waals surface area contributed by atoms with E-state index in [-0.39, 0.29) is 30.7 Å². The van der Waals surface area contributed by atoms with E-state index in [1.807, 2.05) is 38.4 Å². The van der Waals surface area contributed by atoms with Gasteiger partial charge in [-0.15, -0.1) is 24.8 Å². The molecule has 1 aromatic rings. The highest BCUT2D eigenvalue weighted by Crippen LogP contribution is 2.27. The lowest BCUT2D eigenvalue weighted by Crippen LogP contribution is -2.52. The zero-order valence-electron chi connectivity index (χ0n) is 15.1. The maximum absolute atomic E-state index is 12.5. The maximum atomic E-state index is 12.5. The minimum absolute atomic E-state index is 0. The summed E-state index contributed by atoms with van der Waals surface area (Å²) in [5.74, 6) is 0.693. The second kappa shape index (κ2) is 11.6. The first kappa shape index (κ1) is 24.0. The Bertz CT molecular complexity index is 521. The average molecular weight is 392 g/mol. The summed E-state index contributed by atoms with van der Waals surface area (Å²) in [7, 11) is 4.09. The minimum atomic E-state index is -0.721. The molecule has 3 N–H and O–H groups in total. The Kier molecular flexibility index (Phi) is 11.1. The number of amides is 1. The van der Waals surface area contributed by atoms with E-state index in [1.165, 1.54) is 6.42 Å². The molecule has 5 nitrogen and oxygen atoms in total. The molecule has 0 atom stereocenters. The van der Waals surface area contributed by atoms with Crippen molar-refractivity contribution >= 4 is 36.4 Å². The van der Waals surface area contributed by atoms with Gasteiger partial charge in [0, 0.05) is 18.3 Å². The number of nitrogens with two attached hydrogens (primary N) is 1. The molecule has 1 saturated carbocycles. The third kappa shape index (κ3) is 7.82. The van der Waals surface area contributed by atoms with Crippen molar-refractivity contribution in [2.24, 2.45) is 5.73 Å². The number of anilines is 1. The maximum Gasteiger partial charge on any atom is 0.244 e. The van der Waals surface area contributed by atoms with Crippen LogP contribution >= 0.6 is 24.8 Å². The quantitative estimate of drug-likeness (QED) is 0.698. The molecule has 1 fully saturated rings. The van der Waals surface area contributed by atoms with Crippen molar-refractivity contribution in [2.75, 3.05) is 32.6 Å². The van der Waals surface area contributed by atoms with Crippen LogP contribution in [0.25, 0.3) is 0 Å². The first-order valence-corrected chi connectivity index (χ1v) is 8.47. The molecular weight excluding hydrogens is 361 g/mol. The molecule has 25 heavy (non-hydrogen) atoms. The van der Waals surface area contributed by atoms with E-state index in [9.17, 15) is 4.79 Å². The lowest BCUT2D eigenvalue weighted by molar-refractivity contribution is -0.122. The molecule has 1 aliphatic rings. The smallest absolute Gasteiger partial charge is 0.244 e. The summed E-state index contributed by atoms with van der Waals surface area (Å²) >= 11 is 0. The van der Waals surface area contributed by atoms with Crippen molar-refractivity contribution < 1.29 is 9.53 Å². The number of hydrogen-bond donors (Lipinski definition) is 2. The Labute approximate surface area is 163 Å². The largest absolute Gasteiger partial charge is 0.493 e. The first-order valence-electron chi connectivity index (χ1n) is 8.47. The fourth-order valence-electron chi connectivity index (χ4n) is 2.90. The third-order valence-corrected chi connectivity index (χ3v) is 4.31. The van der Waals surface area contributed by atoms with Crippen molar-refractivity contribution in [2.45, 2.75) is 44.1 Å². The standard InChI is InChI=1S/C18H29N3O2.2ClH/c1-21(2)12-7-13-23-16-9-6-8-15(14-16)20-17(22)18(19)10-4-3-5-11-18;;/h6,8-9,14H,3-5,7,10-13,19H2,1-2H3,(H,20,22);2*1H. The fourth-order valence-corrected chi connectivity index (χ4v) is 2.90. The van der Waals surface area contributed by atoms with E-state index in [1.54, 1.807) is 0 Å². The second-order valence-electron chi connectivity index (χ2n) is 6.70. The highest BCUT2D eigenvalue weighted by atomic mass is 35.5. The molecule has 0 radical (unpaired) electrons. The molecule has 0 unspecified atom stereocenters. The minimum Gasteiger partial charge on any atom is -0.493 e. The molecule has 1 aliphatic carbocycles. The number of benzene rings is 1. The van der Waals surface area contributed by atoms with Crippen LogP contribution in [0.3, 0.4) is 0 Å². The molecular formula is C18H31Cl2N3O2. The number of halogens is 2. The van der Waals surface area contributed by atoms with Crippen LogP contribution in [-0.2, 0) is 4.79 Å². The topological polar surface area (TPSA) is 67.6 Å². The van der Waals surface area contributed by atoms with Gasteiger partial charge in [0.15, 0.2) is 0 Å². The van der Waals surface area contributed by atoms with Crippen molar-refractivity contribution in [3.8, 4) is 5.75 Å². The average Bonchev–Trinajstić information content (AvgIpc) is 2.52. The van der Waals surface area contributed by atoms with E-state index in [0.717, 1.165) is 50.1 Å². The Balaban J connectivity index is 0.00000288. The molecule has 0 aliphatic heterocycles. The summed E-state index contributed by atoms with van der Waals surface area (Å²) in [6, 6.07) is 7.53. The van der Waals surface area contributed by atoms with Crippen molar-refractivity contribution in [3.63, 3.8) is 0 Å². The van der Waals surface area contributed by atoms with E-state index in [2.05, 4.69) is 10.2 Å². The number of carbonyl (C=O) groups is 1. The molecule has 7 heteroatoms. The number of ether oxygens (including phenoxy) is 1. The van der Waals surface area contributed by atoms with E-state index in [4.69, 9.17) is 10.5 Å². The summed E-state index contributed by atoms with van der Waals surface area (Å²) in [5.41, 5.74) is 6.29. The van der Waals surface area contributed by atoms with Crippen LogP contribution in [0.2, 0.25) is 0 Å². The second-order valence-corrected chi connectivity index (χ2v) is 6.70. The van der Waals surface area contributed by atoms with Gasteiger partial charge in [0.05, 0.1) is 12.1 Å². The number of nitrogens with one attached hydrogen (secondary N) is 1. The predicted molar refractivity (Wildman–Crippen MR) is 108 cm³/mol. The Morgan fingerprint density at radius 1 is 1.24 bits per heavy atom. The summed E-state index contributed by atoms with van der Waals surface area (Å²) in [6.07, 6.45) is 5.72. The summed E-state index contributed by atoms with van der Waals surface area (Å²) in [5, 5.41) is 2.95. The van der Waals surface area contributed by atoms with Gasteiger partial charge in [-0.1, -0.05) is 25.3 Å². The van der Waals surface area contributed by atoms with Crippen LogP contribution in [-0.4, -0.2) is 43.6 Å². The van der Waals surface area contributed by atoms with Crippen LogP contribution < -0.4 is 15.8 Å². The lowest BCUT2D eigenvalue weighted by atomic mass is 9.82. The Hall–Kier alpha value is -1.01. The van der Waals surface area contributed by atoms with Gasteiger partial charge in [0.25, 0.3) is 0 Å². The van der Waals surface area contributed by atoms with E-state index < -0.39 is 5.54 Å². The van der Waals surface area contributed by atoms with E-state index >= 15 is 0 Å². The highest BCUT2D eigenvalue weighted by Gasteiger charge is 2.35. The van der Waals surface area contributed by atoms with Crippen LogP contribution in [0.15, 0.2) is 24.3 Å². The molecule has 0 saturated heterocycles. The molecule has 2 rings (SSSR count). The van der Waals surface area contributed by atoms with Crippen LogP contribution in [0.4, 0.5) is 5.69 Å². The summed E-state index contributed by atoms with van der Waals surface area (Å²) in [6.45, 7) is 1.66. The molecule has 1 aromatic carbocycles. The normalized spacial score (nSPS) is 15.7. The summed E-state index contributed by atoms with van der Waals surface area (Å²) < 4.78 is 5.74. The molecule has 0 heterocycles. The van der Waals surface area contributed by atoms with Gasteiger partial charge in [0.1, 0.15) is 5.75 Å². The molecule has 1 amide bonds. The zero-order chi connectivity index (χ0) is 16.7. The van der Waals surface area contributed by atoms with Crippen molar-refractivity contribution in [1.29, 1.82) is 0 Å². The molecule has 0 spiro atoms.